The quantitative estimate of drug-likeness (QED) is 0.291. The van der Waals surface area contributed by atoms with E-state index < -0.39 is 15.3 Å². The standard InChI is InChI=1S/C32H48N2O7S/c1-24-7-12-28(13-8-24)42(35,36)31(25-9-14-30-29(21-25)34(16-18-39-30)15-6-17-37-4)41-27-11-10-26(33-23-27)22-32(2,3)40-20-19-38-5/h7-9,12-14,21,26-27,31,33H,6,10-11,15-20,22-23H2,1-5H3/t26-,27+,31?/m0/s1. The largest absolute Gasteiger partial charge is 0.490 e. The van der Waals surface area contributed by atoms with Crippen LogP contribution >= 0.6 is 0 Å². The Bertz CT molecular complexity index is 1230. The number of nitrogens with one attached hydrogen (secondary N) is 1. The molecule has 4 rings (SSSR count). The van der Waals surface area contributed by atoms with Crippen LogP contribution in [0.2, 0.25) is 0 Å². The van der Waals surface area contributed by atoms with Crippen molar-refractivity contribution in [2.45, 2.75) is 74.5 Å². The van der Waals surface area contributed by atoms with E-state index in [1.165, 1.54) is 0 Å². The number of hydrogen-bond donors (Lipinski definition) is 1. The lowest BCUT2D eigenvalue weighted by molar-refractivity contribution is -0.0555. The van der Waals surface area contributed by atoms with Crippen molar-refractivity contribution in [3.05, 3.63) is 53.6 Å². The predicted molar refractivity (Wildman–Crippen MR) is 164 cm³/mol. The van der Waals surface area contributed by atoms with E-state index in [0.717, 1.165) is 55.8 Å². The number of aryl methyl sites for hydroxylation is 1. The van der Waals surface area contributed by atoms with Gasteiger partial charge in [0, 0.05) is 40.0 Å². The van der Waals surface area contributed by atoms with Crippen molar-refractivity contribution in [2.24, 2.45) is 0 Å². The zero-order valence-electron chi connectivity index (χ0n) is 25.8. The molecule has 2 aromatic carbocycles. The molecule has 0 spiro atoms. The Hall–Kier alpha value is -2.21. The van der Waals surface area contributed by atoms with E-state index in [1.807, 2.05) is 37.3 Å². The van der Waals surface area contributed by atoms with Gasteiger partial charge in [-0.05, 0) is 76.3 Å². The van der Waals surface area contributed by atoms with E-state index in [4.69, 9.17) is 23.7 Å². The van der Waals surface area contributed by atoms with E-state index in [2.05, 4.69) is 24.1 Å². The number of ether oxygens (including phenoxy) is 5. The molecule has 42 heavy (non-hydrogen) atoms. The third-order valence-electron chi connectivity index (χ3n) is 7.93. The number of sulfone groups is 1. The molecule has 0 aromatic heterocycles. The van der Waals surface area contributed by atoms with Crippen LogP contribution in [-0.2, 0) is 28.8 Å². The summed E-state index contributed by atoms with van der Waals surface area (Å²) in [5.74, 6) is 0.756. The van der Waals surface area contributed by atoms with E-state index in [-0.39, 0.29) is 22.6 Å². The van der Waals surface area contributed by atoms with Crippen molar-refractivity contribution in [2.75, 3.05) is 65.2 Å². The Morgan fingerprint density at radius 3 is 2.50 bits per heavy atom. The Labute approximate surface area is 251 Å². The highest BCUT2D eigenvalue weighted by atomic mass is 32.2. The highest BCUT2D eigenvalue weighted by Gasteiger charge is 2.36. The zero-order valence-corrected chi connectivity index (χ0v) is 26.6. The Morgan fingerprint density at radius 2 is 1.81 bits per heavy atom. The molecule has 0 aliphatic carbocycles. The maximum Gasteiger partial charge on any atom is 0.209 e. The smallest absolute Gasteiger partial charge is 0.209 e. The molecule has 1 saturated heterocycles. The van der Waals surface area contributed by atoms with E-state index in [0.29, 0.717) is 38.5 Å². The minimum Gasteiger partial charge on any atom is -0.490 e. The van der Waals surface area contributed by atoms with Gasteiger partial charge in [-0.3, -0.25) is 0 Å². The number of anilines is 1. The lowest BCUT2D eigenvalue weighted by Crippen LogP contribution is -2.47. The van der Waals surface area contributed by atoms with Gasteiger partial charge in [0.25, 0.3) is 0 Å². The van der Waals surface area contributed by atoms with Crippen molar-refractivity contribution >= 4 is 15.5 Å². The van der Waals surface area contributed by atoms with Gasteiger partial charge >= 0.3 is 0 Å². The number of fused-ring (bicyclic) bond motifs is 1. The number of rotatable bonds is 15. The molecule has 1 unspecified atom stereocenters. The Kier molecular flexibility index (Phi) is 11.7. The molecule has 10 heteroatoms. The normalized spacial score (nSPS) is 20.2. The average molecular weight is 605 g/mol. The second kappa shape index (κ2) is 15.0. The first kappa shape index (κ1) is 32.7. The maximum absolute atomic E-state index is 14.1. The minimum absolute atomic E-state index is 0.251. The van der Waals surface area contributed by atoms with E-state index in [1.54, 1.807) is 26.4 Å². The lowest BCUT2D eigenvalue weighted by Gasteiger charge is -2.36. The van der Waals surface area contributed by atoms with Crippen LogP contribution < -0.4 is 15.0 Å². The van der Waals surface area contributed by atoms with Gasteiger partial charge in [0.05, 0.1) is 42.0 Å². The van der Waals surface area contributed by atoms with Gasteiger partial charge in [-0.15, -0.1) is 0 Å². The molecular formula is C32H48N2O7S. The number of piperidine rings is 1. The Balaban J connectivity index is 1.54. The van der Waals surface area contributed by atoms with Gasteiger partial charge in [0.2, 0.25) is 9.84 Å². The fourth-order valence-corrected chi connectivity index (χ4v) is 7.23. The van der Waals surface area contributed by atoms with E-state index >= 15 is 0 Å². The number of benzene rings is 2. The molecule has 2 aliphatic heterocycles. The van der Waals surface area contributed by atoms with Crippen LogP contribution in [0.3, 0.4) is 0 Å². The molecule has 0 radical (unpaired) electrons. The summed E-state index contributed by atoms with van der Waals surface area (Å²) < 4.78 is 57.1. The number of hydrogen-bond acceptors (Lipinski definition) is 9. The molecule has 0 amide bonds. The van der Waals surface area contributed by atoms with E-state index in [9.17, 15) is 8.42 Å². The molecular weight excluding hydrogens is 556 g/mol. The predicted octanol–water partition coefficient (Wildman–Crippen LogP) is 4.67. The summed E-state index contributed by atoms with van der Waals surface area (Å²) >= 11 is 0. The summed E-state index contributed by atoms with van der Waals surface area (Å²) in [5.41, 5.74) is 1.05. The summed E-state index contributed by atoms with van der Waals surface area (Å²) in [6.45, 7) is 10.6. The maximum atomic E-state index is 14.1. The number of methoxy groups -OCH3 is 2. The SMILES string of the molecule is COCCCN1CCOc2ccc(C(O[C@@H]3CC[C@@H](CC(C)(C)OCCOC)NC3)S(=O)(=O)c3ccc(C)cc3)cc21. The van der Waals surface area contributed by atoms with Gasteiger partial charge < -0.3 is 33.9 Å². The van der Waals surface area contributed by atoms with Gasteiger partial charge in [-0.1, -0.05) is 23.8 Å². The zero-order chi connectivity index (χ0) is 30.2. The second-order valence-electron chi connectivity index (χ2n) is 11.8. The van der Waals surface area contributed by atoms with Crippen molar-refractivity contribution in [3.8, 4) is 5.75 Å². The average Bonchev–Trinajstić information content (AvgIpc) is 2.97. The molecule has 3 atom stereocenters. The summed E-state index contributed by atoms with van der Waals surface area (Å²) in [4.78, 5) is 2.49. The molecule has 0 bridgehead atoms. The molecule has 1 N–H and O–H groups in total. The van der Waals surface area contributed by atoms with Gasteiger partial charge in [-0.2, -0.15) is 0 Å². The van der Waals surface area contributed by atoms with Crippen molar-refractivity contribution in [3.63, 3.8) is 0 Å². The third kappa shape index (κ3) is 8.67. The summed E-state index contributed by atoms with van der Waals surface area (Å²) in [7, 11) is -0.485. The van der Waals surface area contributed by atoms with Crippen molar-refractivity contribution < 1.29 is 32.1 Å². The van der Waals surface area contributed by atoms with Crippen LogP contribution in [-0.4, -0.2) is 86.4 Å². The number of nitrogens with zero attached hydrogens (tertiary/aromatic N) is 1. The topological polar surface area (TPSA) is 95.6 Å². The van der Waals surface area contributed by atoms with Crippen LogP contribution in [0.1, 0.15) is 56.1 Å². The van der Waals surface area contributed by atoms with Crippen molar-refractivity contribution in [1.29, 1.82) is 0 Å². The summed E-state index contributed by atoms with van der Waals surface area (Å²) in [6.07, 6.45) is 3.07. The fourth-order valence-electron chi connectivity index (χ4n) is 5.66. The first-order chi connectivity index (χ1) is 20.1. The van der Waals surface area contributed by atoms with Crippen LogP contribution in [0.5, 0.6) is 5.75 Å². The monoisotopic (exact) mass is 604 g/mol. The minimum atomic E-state index is -3.85. The molecule has 2 heterocycles. The van der Waals surface area contributed by atoms with Crippen LogP contribution in [0, 0.1) is 6.92 Å². The summed E-state index contributed by atoms with van der Waals surface area (Å²) in [5, 5.41) is 3.59. The fraction of sp³-hybridized carbons (Fsp3) is 0.625. The van der Waals surface area contributed by atoms with Crippen LogP contribution in [0.25, 0.3) is 0 Å². The van der Waals surface area contributed by atoms with Crippen LogP contribution in [0.4, 0.5) is 5.69 Å². The molecule has 2 aromatic rings. The van der Waals surface area contributed by atoms with Crippen LogP contribution in [0.15, 0.2) is 47.4 Å². The molecule has 0 saturated carbocycles. The van der Waals surface area contributed by atoms with Gasteiger partial charge in [0.15, 0.2) is 5.44 Å². The first-order valence-corrected chi connectivity index (χ1v) is 16.5. The second-order valence-corrected chi connectivity index (χ2v) is 13.8. The molecule has 2 aliphatic rings. The summed E-state index contributed by atoms with van der Waals surface area (Å²) in [6, 6.07) is 12.9. The molecule has 234 valence electrons. The third-order valence-corrected chi connectivity index (χ3v) is 9.80. The first-order valence-electron chi connectivity index (χ1n) is 15.0. The van der Waals surface area contributed by atoms with Gasteiger partial charge in [-0.25, -0.2) is 8.42 Å². The lowest BCUT2D eigenvalue weighted by atomic mass is 9.92. The highest BCUT2D eigenvalue weighted by Crippen LogP contribution is 2.39. The van der Waals surface area contributed by atoms with Gasteiger partial charge in [0.1, 0.15) is 12.4 Å². The van der Waals surface area contributed by atoms with Crippen molar-refractivity contribution in [1.82, 2.24) is 5.32 Å². The molecule has 1 fully saturated rings. The Morgan fingerprint density at radius 1 is 1.05 bits per heavy atom. The molecule has 9 nitrogen and oxygen atoms in total. The highest BCUT2D eigenvalue weighted by molar-refractivity contribution is 7.91.